The van der Waals surface area contributed by atoms with Gasteiger partial charge in [-0.1, -0.05) is 32.1 Å². The van der Waals surface area contributed by atoms with E-state index in [9.17, 15) is 22.8 Å². The maximum atomic E-state index is 14.6. The molecule has 6 atom stereocenters. The molecule has 3 fully saturated rings. The largest absolute Gasteiger partial charge is 0.361 e. The Kier molecular flexibility index (Phi) is 7.49. The van der Waals surface area contributed by atoms with Gasteiger partial charge in [0.1, 0.15) is 28.3 Å². The number of benzene rings is 1. The maximum Gasteiger partial charge on any atom is 0.289 e. The van der Waals surface area contributed by atoms with E-state index in [1.54, 1.807) is 4.90 Å². The molecule has 1 aliphatic carbocycles. The highest BCUT2D eigenvalue weighted by molar-refractivity contribution is 9.06. The van der Waals surface area contributed by atoms with Crippen molar-refractivity contribution in [3.05, 3.63) is 41.6 Å². The molecule has 4 aliphatic heterocycles. The fourth-order valence-corrected chi connectivity index (χ4v) is 9.06. The topological polar surface area (TPSA) is 142 Å². The minimum Gasteiger partial charge on any atom is -0.361 e. The molecule has 0 bridgehead atoms. The first-order chi connectivity index (χ1) is 21.7. The number of hydrogen-bond donors (Lipinski definition) is 1. The van der Waals surface area contributed by atoms with Crippen LogP contribution in [0.5, 0.6) is 0 Å². The van der Waals surface area contributed by atoms with E-state index >= 15 is 0 Å². The van der Waals surface area contributed by atoms with Crippen LogP contribution in [0.25, 0.3) is 16.5 Å². The minimum absolute atomic E-state index is 0.00243. The van der Waals surface area contributed by atoms with Crippen molar-refractivity contribution < 1.29 is 35.7 Å². The number of aromatic amines is 1. The van der Waals surface area contributed by atoms with Crippen molar-refractivity contribution in [3.8, 4) is 0 Å². The van der Waals surface area contributed by atoms with Crippen LogP contribution >= 0.6 is 16.3 Å². The summed E-state index contributed by atoms with van der Waals surface area (Å²) in [5.41, 5.74) is 1.81. The number of nitrogens with zero attached hydrogens (tertiary/aromatic N) is 4. The summed E-state index contributed by atoms with van der Waals surface area (Å²) in [5.74, 6) is -4.51. The third-order valence-electron chi connectivity index (χ3n) is 10.0. The Balaban J connectivity index is 1.32. The second-order valence-corrected chi connectivity index (χ2v) is 15.5. The lowest BCUT2D eigenvalue weighted by Crippen LogP contribution is -2.71. The molecule has 1 aromatic heterocycles. The number of hydroxylamine groups is 2. The average Bonchev–Trinajstić information content (AvgIpc) is 3.71. The maximum absolute atomic E-state index is 14.6. The molecule has 0 spiro atoms. The first-order valence-corrected chi connectivity index (χ1v) is 18.1. The van der Waals surface area contributed by atoms with Crippen molar-refractivity contribution in [3.63, 3.8) is 0 Å². The molecular weight excluding hydrogens is 682 g/mol. The Morgan fingerprint density at radius 2 is 2.04 bits per heavy atom. The standard InChI is InChI=1S/C31H38BrN5O8S/c1-17(2)12-24-28(39)35-11-7-10-25(35)31(44-32)36(24)29(40)30(3,43-31)37(45-46(5,41)42)27(38)19-13-21-20-8-6-9-22-26(20)18(15-33-22)14-23(21)34(4)16-19/h6,8-9,13,15,17,19,23-25,33H,7,10-12,14,16H2,1-5H3. The van der Waals surface area contributed by atoms with Gasteiger partial charge in [-0.15, -0.1) is 4.28 Å². The molecule has 1 N–H and O–H groups in total. The van der Waals surface area contributed by atoms with Crippen LogP contribution in [-0.4, -0.2) is 107 Å². The van der Waals surface area contributed by atoms with Crippen LogP contribution in [0.1, 0.15) is 51.2 Å². The van der Waals surface area contributed by atoms with Gasteiger partial charge in [-0.3, -0.25) is 32.7 Å². The molecule has 248 valence electrons. The van der Waals surface area contributed by atoms with E-state index in [4.69, 9.17) is 12.8 Å². The SMILES string of the molecule is CC(C)CC1C(=O)N2CCCC2C2(OBr)OC(C)(N(OS(C)(=O)=O)C(=O)C3C=C4c5cccc6[nH]cc(c56)CC4N(C)C3)C(=O)N12. The number of nitrogens with one attached hydrogen (secondary N) is 1. The highest BCUT2D eigenvalue weighted by atomic mass is 79.9. The van der Waals surface area contributed by atoms with Gasteiger partial charge in [-0.2, -0.15) is 13.5 Å². The molecule has 1 aromatic carbocycles. The first kappa shape index (κ1) is 31.8. The number of H-pyrrole nitrogens is 1. The van der Waals surface area contributed by atoms with Crippen molar-refractivity contribution in [1.82, 2.24) is 24.7 Å². The monoisotopic (exact) mass is 719 g/mol. The van der Waals surface area contributed by atoms with Crippen LogP contribution in [0.2, 0.25) is 0 Å². The number of aromatic nitrogens is 1. The van der Waals surface area contributed by atoms with Gasteiger partial charge in [0.25, 0.3) is 27.8 Å². The molecule has 2 aromatic rings. The van der Waals surface area contributed by atoms with Crippen molar-refractivity contribution in [2.24, 2.45) is 11.8 Å². The summed E-state index contributed by atoms with van der Waals surface area (Å²) in [7, 11) is -2.42. The lowest BCUT2D eigenvalue weighted by Gasteiger charge is -2.50. The molecule has 0 saturated carbocycles. The minimum atomic E-state index is -4.34. The fourth-order valence-electron chi connectivity index (χ4n) is 8.14. The van der Waals surface area contributed by atoms with Crippen LogP contribution < -0.4 is 0 Å². The van der Waals surface area contributed by atoms with E-state index in [-0.39, 0.29) is 24.4 Å². The van der Waals surface area contributed by atoms with Gasteiger partial charge in [0.15, 0.2) is 0 Å². The summed E-state index contributed by atoms with van der Waals surface area (Å²) < 4.78 is 43.2. The summed E-state index contributed by atoms with van der Waals surface area (Å²) >= 11 is 3.09. The molecule has 46 heavy (non-hydrogen) atoms. The number of carbonyl (C=O) groups excluding carboxylic acids is 3. The molecule has 0 radical (unpaired) electrons. The number of halogens is 1. The van der Waals surface area contributed by atoms with Gasteiger partial charge in [0, 0.05) is 36.2 Å². The summed E-state index contributed by atoms with van der Waals surface area (Å²) in [6.07, 6.45) is 6.85. The van der Waals surface area contributed by atoms with Crippen molar-refractivity contribution >= 4 is 60.6 Å². The summed E-state index contributed by atoms with van der Waals surface area (Å²) in [6.45, 7) is 5.87. The van der Waals surface area contributed by atoms with Crippen LogP contribution in [0.3, 0.4) is 0 Å². The van der Waals surface area contributed by atoms with Crippen LogP contribution in [-0.2, 0) is 43.8 Å². The normalized spacial score (nSPS) is 32.5. The van der Waals surface area contributed by atoms with E-state index in [0.717, 1.165) is 34.7 Å². The van der Waals surface area contributed by atoms with E-state index in [1.165, 1.54) is 17.4 Å². The number of amides is 3. The predicted octanol–water partition coefficient (Wildman–Crippen LogP) is 2.73. The average molecular weight is 721 g/mol. The Bertz CT molecular complexity index is 1780. The molecule has 3 amide bonds. The quantitative estimate of drug-likeness (QED) is 0.428. The van der Waals surface area contributed by atoms with Gasteiger partial charge in [-0.05, 0) is 68.3 Å². The van der Waals surface area contributed by atoms with Gasteiger partial charge in [0.05, 0.1) is 12.2 Å². The lowest BCUT2D eigenvalue weighted by atomic mass is 9.79. The van der Waals surface area contributed by atoms with Gasteiger partial charge in [0.2, 0.25) is 11.6 Å². The molecule has 5 aliphatic rings. The zero-order valence-corrected chi connectivity index (χ0v) is 28.8. The van der Waals surface area contributed by atoms with Gasteiger partial charge >= 0.3 is 0 Å². The highest BCUT2D eigenvalue weighted by Gasteiger charge is 2.73. The number of likely N-dealkylation sites (N-methyl/N-ethyl adjacent to an activating group) is 1. The highest BCUT2D eigenvalue weighted by Crippen LogP contribution is 2.51. The molecule has 5 heterocycles. The van der Waals surface area contributed by atoms with Crippen molar-refractivity contribution in [2.75, 3.05) is 26.4 Å². The smallest absolute Gasteiger partial charge is 0.289 e. The Morgan fingerprint density at radius 1 is 1.28 bits per heavy atom. The third-order valence-corrected chi connectivity index (χ3v) is 10.9. The summed E-state index contributed by atoms with van der Waals surface area (Å²) in [6, 6.07) is 4.32. The van der Waals surface area contributed by atoms with Gasteiger partial charge < -0.3 is 9.88 Å². The van der Waals surface area contributed by atoms with Gasteiger partial charge in [-0.25, -0.2) is 0 Å². The zero-order valence-electron chi connectivity index (χ0n) is 26.4. The molecule has 15 heteroatoms. The van der Waals surface area contributed by atoms with Crippen molar-refractivity contribution in [2.45, 2.75) is 76.2 Å². The molecule has 3 saturated heterocycles. The van der Waals surface area contributed by atoms with E-state index in [0.29, 0.717) is 30.9 Å². The molecule has 7 rings (SSSR count). The third kappa shape index (κ3) is 4.60. The molecular formula is C31H38BrN5O8S. The van der Waals surface area contributed by atoms with Crippen LogP contribution in [0.15, 0.2) is 30.5 Å². The summed E-state index contributed by atoms with van der Waals surface area (Å²) in [4.78, 5) is 51.3. The van der Waals surface area contributed by atoms with Crippen LogP contribution in [0, 0.1) is 11.8 Å². The Morgan fingerprint density at radius 3 is 2.74 bits per heavy atom. The Labute approximate surface area is 276 Å². The number of rotatable bonds is 7. The number of fused-ring (bicyclic) bond motifs is 5. The fraction of sp³-hybridized carbons (Fsp3) is 0.581. The van der Waals surface area contributed by atoms with E-state index < -0.39 is 51.6 Å². The molecule has 13 nitrogen and oxygen atoms in total. The first-order valence-electron chi connectivity index (χ1n) is 15.6. The second kappa shape index (κ2) is 10.9. The lowest BCUT2D eigenvalue weighted by molar-refractivity contribution is -0.325. The zero-order chi connectivity index (χ0) is 32.9. The van der Waals surface area contributed by atoms with E-state index in [1.807, 2.05) is 51.4 Å². The van der Waals surface area contributed by atoms with Crippen molar-refractivity contribution in [1.29, 1.82) is 0 Å². The Hall–Kier alpha value is -2.82. The predicted molar refractivity (Wildman–Crippen MR) is 170 cm³/mol. The number of hydrogen-bond acceptors (Lipinski definition) is 9. The second-order valence-electron chi connectivity index (χ2n) is 13.6. The van der Waals surface area contributed by atoms with E-state index in [2.05, 4.69) is 26.1 Å². The number of piperazine rings is 1. The summed E-state index contributed by atoms with van der Waals surface area (Å²) in [5, 5.41) is 1.64. The number of carbonyl (C=O) groups is 3. The molecule has 6 unspecified atom stereocenters. The van der Waals surface area contributed by atoms with Crippen LogP contribution in [0.4, 0.5) is 0 Å². The number of ether oxygens (including phenoxy) is 1.